The molecule has 1 heterocycles. The van der Waals surface area contributed by atoms with E-state index in [4.69, 9.17) is 5.73 Å². The lowest BCUT2D eigenvalue weighted by atomic mass is 10.3. The zero-order valence-electron chi connectivity index (χ0n) is 8.16. The Morgan fingerprint density at radius 1 is 1.71 bits per heavy atom. The van der Waals surface area contributed by atoms with E-state index >= 15 is 0 Å². The predicted octanol–water partition coefficient (Wildman–Crippen LogP) is 0.750. The van der Waals surface area contributed by atoms with Gasteiger partial charge in [0.05, 0.1) is 24.2 Å². The zero-order valence-corrected chi connectivity index (χ0v) is 8.97. The molecular weight excluding hydrogens is 200 g/mol. The van der Waals surface area contributed by atoms with Gasteiger partial charge < -0.3 is 10.5 Å². The molecule has 14 heavy (non-hydrogen) atoms. The van der Waals surface area contributed by atoms with Gasteiger partial charge in [-0.3, -0.25) is 4.79 Å². The van der Waals surface area contributed by atoms with Crippen molar-refractivity contribution in [1.82, 2.24) is 4.98 Å². The van der Waals surface area contributed by atoms with Crippen LogP contribution in [-0.4, -0.2) is 24.6 Å². The van der Waals surface area contributed by atoms with Crippen molar-refractivity contribution in [1.29, 1.82) is 0 Å². The molecule has 0 aromatic carbocycles. The minimum Gasteiger partial charge on any atom is -0.469 e. The fraction of sp³-hybridized carbons (Fsp3) is 0.556. The van der Waals surface area contributed by atoms with Crippen LogP contribution in [0.1, 0.15) is 17.1 Å². The third kappa shape index (κ3) is 3.43. The molecule has 2 N–H and O–H groups in total. The first kappa shape index (κ1) is 11.1. The summed E-state index contributed by atoms with van der Waals surface area (Å²) in [5, 5.41) is 2.93. The van der Waals surface area contributed by atoms with E-state index in [1.54, 1.807) is 11.3 Å². The van der Waals surface area contributed by atoms with Crippen molar-refractivity contribution in [2.75, 3.05) is 13.7 Å². The highest BCUT2D eigenvalue weighted by atomic mass is 32.1. The minimum atomic E-state index is -0.249. The molecule has 0 saturated heterocycles. The molecule has 5 heteroatoms. The molecule has 0 fully saturated rings. The molecule has 0 unspecified atom stereocenters. The Labute approximate surface area is 87.1 Å². The maximum atomic E-state index is 10.9. The van der Waals surface area contributed by atoms with E-state index in [-0.39, 0.29) is 12.4 Å². The van der Waals surface area contributed by atoms with Gasteiger partial charge >= 0.3 is 5.97 Å². The van der Waals surface area contributed by atoms with Crippen LogP contribution in [0, 0.1) is 0 Å². The van der Waals surface area contributed by atoms with Crippen molar-refractivity contribution in [2.45, 2.75) is 19.3 Å². The number of carbonyl (C=O) groups is 1. The Morgan fingerprint density at radius 3 is 3.14 bits per heavy atom. The fourth-order valence-corrected chi connectivity index (χ4v) is 1.86. The SMILES string of the molecule is COC(=O)Cc1csc(CCCN)n1. The average molecular weight is 214 g/mol. The van der Waals surface area contributed by atoms with Crippen LogP contribution in [-0.2, 0) is 22.4 Å². The lowest BCUT2D eigenvalue weighted by Gasteiger charge is -1.94. The molecule has 4 nitrogen and oxygen atoms in total. The maximum absolute atomic E-state index is 10.9. The van der Waals surface area contributed by atoms with Crippen molar-refractivity contribution < 1.29 is 9.53 Å². The van der Waals surface area contributed by atoms with E-state index in [0.29, 0.717) is 6.54 Å². The maximum Gasteiger partial charge on any atom is 0.311 e. The number of hydrogen-bond donors (Lipinski definition) is 1. The third-order valence-electron chi connectivity index (χ3n) is 1.75. The summed E-state index contributed by atoms with van der Waals surface area (Å²) in [5.74, 6) is -0.249. The molecule has 0 spiro atoms. The topological polar surface area (TPSA) is 65.2 Å². The molecule has 0 aliphatic rings. The summed E-state index contributed by atoms with van der Waals surface area (Å²) in [5.41, 5.74) is 6.17. The van der Waals surface area contributed by atoms with Crippen molar-refractivity contribution in [2.24, 2.45) is 5.73 Å². The van der Waals surface area contributed by atoms with Gasteiger partial charge in [-0.15, -0.1) is 11.3 Å². The van der Waals surface area contributed by atoms with Crippen molar-refractivity contribution in [3.8, 4) is 0 Å². The van der Waals surface area contributed by atoms with Crippen molar-refractivity contribution in [3.63, 3.8) is 0 Å². The van der Waals surface area contributed by atoms with Crippen LogP contribution in [0.15, 0.2) is 5.38 Å². The second-order valence-corrected chi connectivity index (χ2v) is 3.82. The summed E-state index contributed by atoms with van der Waals surface area (Å²) >= 11 is 1.57. The number of aromatic nitrogens is 1. The minimum absolute atomic E-state index is 0.249. The Balaban J connectivity index is 2.46. The molecule has 1 aromatic heterocycles. The first-order chi connectivity index (χ1) is 6.76. The van der Waals surface area contributed by atoms with Gasteiger partial charge in [0.25, 0.3) is 0 Å². The van der Waals surface area contributed by atoms with E-state index in [9.17, 15) is 4.79 Å². The number of ether oxygens (including phenoxy) is 1. The van der Waals surface area contributed by atoms with Crippen LogP contribution in [0.5, 0.6) is 0 Å². The largest absolute Gasteiger partial charge is 0.469 e. The normalized spacial score (nSPS) is 10.1. The van der Waals surface area contributed by atoms with Gasteiger partial charge in [0.2, 0.25) is 0 Å². The summed E-state index contributed by atoms with van der Waals surface area (Å²) < 4.78 is 4.55. The summed E-state index contributed by atoms with van der Waals surface area (Å²) in [6.45, 7) is 0.673. The van der Waals surface area contributed by atoms with Crippen LogP contribution < -0.4 is 5.73 Å². The molecule has 0 atom stereocenters. The number of rotatable bonds is 5. The molecule has 0 bridgehead atoms. The molecule has 1 rings (SSSR count). The number of methoxy groups -OCH3 is 1. The quantitative estimate of drug-likeness (QED) is 0.735. The lowest BCUT2D eigenvalue weighted by molar-refractivity contribution is -0.139. The van der Waals surface area contributed by atoms with E-state index < -0.39 is 0 Å². The number of nitrogens with two attached hydrogens (primary N) is 1. The third-order valence-corrected chi connectivity index (χ3v) is 2.70. The van der Waals surface area contributed by atoms with Gasteiger partial charge in [-0.1, -0.05) is 0 Å². The van der Waals surface area contributed by atoms with E-state index in [0.717, 1.165) is 23.5 Å². The van der Waals surface area contributed by atoms with Crippen LogP contribution in [0.4, 0.5) is 0 Å². The Hall–Kier alpha value is -0.940. The predicted molar refractivity (Wildman–Crippen MR) is 55.2 cm³/mol. The van der Waals surface area contributed by atoms with Gasteiger partial charge in [-0.05, 0) is 13.0 Å². The number of hydrogen-bond acceptors (Lipinski definition) is 5. The fourth-order valence-electron chi connectivity index (χ4n) is 1.02. The van der Waals surface area contributed by atoms with Crippen LogP contribution in [0.2, 0.25) is 0 Å². The lowest BCUT2D eigenvalue weighted by Crippen LogP contribution is -2.05. The van der Waals surface area contributed by atoms with Crippen molar-refractivity contribution in [3.05, 3.63) is 16.1 Å². The van der Waals surface area contributed by atoms with Gasteiger partial charge in [0, 0.05) is 11.8 Å². The molecular formula is C9H14N2O2S. The van der Waals surface area contributed by atoms with Gasteiger partial charge in [0.1, 0.15) is 0 Å². The Kier molecular flexibility index (Phi) is 4.55. The second-order valence-electron chi connectivity index (χ2n) is 2.88. The van der Waals surface area contributed by atoms with Gasteiger partial charge in [-0.2, -0.15) is 0 Å². The number of carbonyl (C=O) groups excluding carboxylic acids is 1. The first-order valence-electron chi connectivity index (χ1n) is 4.46. The Morgan fingerprint density at radius 2 is 2.50 bits per heavy atom. The number of aryl methyl sites for hydroxylation is 1. The van der Waals surface area contributed by atoms with Gasteiger partial charge in [0.15, 0.2) is 0 Å². The summed E-state index contributed by atoms with van der Waals surface area (Å²) in [6, 6.07) is 0. The molecule has 0 saturated carbocycles. The molecule has 78 valence electrons. The average Bonchev–Trinajstić information content (AvgIpc) is 2.62. The highest BCUT2D eigenvalue weighted by molar-refractivity contribution is 7.09. The molecule has 1 aromatic rings. The number of thiazole rings is 1. The summed E-state index contributed by atoms with van der Waals surface area (Å²) in [6.07, 6.45) is 2.09. The standard InChI is InChI=1S/C9H14N2O2S/c1-13-9(12)5-7-6-14-8(11-7)3-2-4-10/h6H,2-5,10H2,1H3. The summed E-state index contributed by atoms with van der Waals surface area (Å²) in [4.78, 5) is 15.2. The molecule has 0 amide bonds. The van der Waals surface area contributed by atoms with Crippen molar-refractivity contribution >= 4 is 17.3 Å². The first-order valence-corrected chi connectivity index (χ1v) is 5.34. The Bertz CT molecular complexity index is 299. The highest BCUT2D eigenvalue weighted by Crippen LogP contribution is 2.12. The zero-order chi connectivity index (χ0) is 10.4. The summed E-state index contributed by atoms with van der Waals surface area (Å²) in [7, 11) is 1.38. The second kappa shape index (κ2) is 5.72. The highest BCUT2D eigenvalue weighted by Gasteiger charge is 2.06. The van der Waals surface area contributed by atoms with Crippen LogP contribution in [0.3, 0.4) is 0 Å². The van der Waals surface area contributed by atoms with E-state index in [1.807, 2.05) is 5.38 Å². The smallest absolute Gasteiger partial charge is 0.311 e. The van der Waals surface area contributed by atoms with Gasteiger partial charge in [-0.25, -0.2) is 4.98 Å². The van der Waals surface area contributed by atoms with E-state index in [1.165, 1.54) is 7.11 Å². The monoisotopic (exact) mass is 214 g/mol. The number of nitrogens with zero attached hydrogens (tertiary/aromatic N) is 1. The van der Waals surface area contributed by atoms with Crippen LogP contribution in [0.25, 0.3) is 0 Å². The molecule has 0 aliphatic carbocycles. The number of esters is 1. The van der Waals surface area contributed by atoms with Crippen LogP contribution >= 0.6 is 11.3 Å². The van der Waals surface area contributed by atoms with E-state index in [2.05, 4.69) is 9.72 Å². The molecule has 0 radical (unpaired) electrons. The molecule has 0 aliphatic heterocycles.